The Bertz CT molecular complexity index is 1120. The van der Waals surface area contributed by atoms with Gasteiger partial charge in [-0.2, -0.15) is 0 Å². The van der Waals surface area contributed by atoms with Crippen LogP contribution in [0, 0.1) is 6.92 Å². The number of halogens is 1. The Morgan fingerprint density at radius 1 is 1.20 bits per heavy atom. The second-order valence-corrected chi connectivity index (χ2v) is 7.56. The molecule has 3 aromatic heterocycles. The maximum atomic E-state index is 6.06. The van der Waals surface area contributed by atoms with Crippen molar-refractivity contribution in [1.82, 2.24) is 30.2 Å². The summed E-state index contributed by atoms with van der Waals surface area (Å²) in [6.45, 7) is 1.89. The van der Waals surface area contributed by atoms with Crippen molar-refractivity contribution < 1.29 is 0 Å². The van der Waals surface area contributed by atoms with Crippen LogP contribution in [-0.4, -0.2) is 30.2 Å². The summed E-state index contributed by atoms with van der Waals surface area (Å²) in [5.74, 6) is 1.95. The summed E-state index contributed by atoms with van der Waals surface area (Å²) >= 11 is 7.82. The Balaban J connectivity index is 1.69. The van der Waals surface area contributed by atoms with Crippen molar-refractivity contribution in [3.63, 3.8) is 0 Å². The second-order valence-electron chi connectivity index (χ2n) is 6.04. The molecule has 25 heavy (non-hydrogen) atoms. The molecule has 0 saturated carbocycles. The van der Waals surface area contributed by atoms with Crippen LogP contribution >= 0.6 is 22.9 Å². The van der Waals surface area contributed by atoms with Gasteiger partial charge in [0.05, 0.1) is 5.39 Å². The third kappa shape index (κ3) is 2.42. The normalized spacial score (nSPS) is 13.5. The molecule has 0 fully saturated rings. The number of tetrazole rings is 1. The van der Waals surface area contributed by atoms with Crippen LogP contribution in [0.5, 0.6) is 0 Å². The molecule has 1 aliphatic rings. The summed E-state index contributed by atoms with van der Waals surface area (Å²) in [5.41, 5.74) is 2.17. The lowest BCUT2D eigenvalue weighted by Gasteiger charge is -2.03. The van der Waals surface area contributed by atoms with Crippen LogP contribution in [-0.2, 0) is 12.8 Å². The first-order chi connectivity index (χ1) is 12.2. The molecule has 0 amide bonds. The van der Waals surface area contributed by atoms with Crippen molar-refractivity contribution in [3.05, 3.63) is 45.6 Å². The molecule has 0 radical (unpaired) electrons. The summed E-state index contributed by atoms with van der Waals surface area (Å²) in [4.78, 5) is 13.1. The quantitative estimate of drug-likeness (QED) is 0.538. The SMILES string of the molecule is Cc1nc(-n2nnc(-c3cccc(Cl)c3)n2)c2c3c(sc2n1)CCC3. The van der Waals surface area contributed by atoms with Gasteiger partial charge >= 0.3 is 0 Å². The van der Waals surface area contributed by atoms with Crippen molar-refractivity contribution in [3.8, 4) is 17.2 Å². The molecular weight excluding hydrogens is 356 g/mol. The van der Waals surface area contributed by atoms with E-state index in [2.05, 4.69) is 25.4 Å². The fourth-order valence-corrected chi connectivity index (χ4v) is 4.76. The van der Waals surface area contributed by atoms with Gasteiger partial charge in [-0.05, 0) is 49.1 Å². The van der Waals surface area contributed by atoms with E-state index in [4.69, 9.17) is 11.6 Å². The monoisotopic (exact) mass is 368 g/mol. The summed E-state index contributed by atoms with van der Waals surface area (Å²) in [6.07, 6.45) is 3.36. The van der Waals surface area contributed by atoms with Gasteiger partial charge in [0.15, 0.2) is 5.82 Å². The van der Waals surface area contributed by atoms with Gasteiger partial charge in [-0.25, -0.2) is 9.97 Å². The number of benzene rings is 1. The molecule has 0 unspecified atom stereocenters. The lowest BCUT2D eigenvalue weighted by molar-refractivity contribution is 0.701. The van der Waals surface area contributed by atoms with Crippen LogP contribution in [0.2, 0.25) is 5.02 Å². The van der Waals surface area contributed by atoms with Crippen LogP contribution in [0.4, 0.5) is 0 Å². The summed E-state index contributed by atoms with van der Waals surface area (Å²) < 4.78 is 0. The minimum Gasteiger partial charge on any atom is -0.222 e. The first-order valence-corrected chi connectivity index (χ1v) is 9.24. The molecule has 6 nitrogen and oxygen atoms in total. The molecule has 124 valence electrons. The smallest absolute Gasteiger partial charge is 0.205 e. The highest BCUT2D eigenvalue weighted by Gasteiger charge is 2.23. The fourth-order valence-electron chi connectivity index (χ4n) is 3.27. The Morgan fingerprint density at radius 3 is 3.00 bits per heavy atom. The molecule has 8 heteroatoms. The van der Waals surface area contributed by atoms with Gasteiger partial charge in [0.1, 0.15) is 10.7 Å². The van der Waals surface area contributed by atoms with Crippen LogP contribution in [0.15, 0.2) is 24.3 Å². The number of rotatable bonds is 2. The van der Waals surface area contributed by atoms with E-state index in [-0.39, 0.29) is 0 Å². The number of aromatic nitrogens is 6. The zero-order valence-corrected chi connectivity index (χ0v) is 15.0. The van der Waals surface area contributed by atoms with Gasteiger partial charge in [-0.1, -0.05) is 23.7 Å². The van der Waals surface area contributed by atoms with E-state index >= 15 is 0 Å². The molecule has 0 saturated heterocycles. The molecule has 1 aliphatic carbocycles. The number of aryl methyl sites for hydroxylation is 3. The molecule has 0 bridgehead atoms. The van der Waals surface area contributed by atoms with E-state index in [0.717, 1.165) is 28.6 Å². The van der Waals surface area contributed by atoms with E-state index in [1.807, 2.05) is 31.2 Å². The van der Waals surface area contributed by atoms with Gasteiger partial charge in [-0.15, -0.1) is 26.3 Å². The number of fused-ring (bicyclic) bond motifs is 3. The lowest BCUT2D eigenvalue weighted by atomic mass is 10.2. The average molecular weight is 369 g/mol. The van der Waals surface area contributed by atoms with E-state index < -0.39 is 0 Å². The second kappa shape index (κ2) is 5.57. The predicted molar refractivity (Wildman–Crippen MR) is 97.3 cm³/mol. The van der Waals surface area contributed by atoms with E-state index in [9.17, 15) is 0 Å². The predicted octanol–water partition coefficient (Wildman–Crippen LogP) is 3.78. The van der Waals surface area contributed by atoms with Crippen LogP contribution < -0.4 is 0 Å². The van der Waals surface area contributed by atoms with Crippen LogP contribution in [0.1, 0.15) is 22.7 Å². The zero-order valence-electron chi connectivity index (χ0n) is 13.4. The van der Waals surface area contributed by atoms with E-state index in [0.29, 0.717) is 22.5 Å². The minimum atomic E-state index is 0.527. The van der Waals surface area contributed by atoms with Crippen LogP contribution in [0.25, 0.3) is 27.4 Å². The largest absolute Gasteiger partial charge is 0.222 e. The molecule has 1 aromatic carbocycles. The molecule has 0 aliphatic heterocycles. The standard InChI is InChI=1S/C17H13ClN6S/c1-9-19-16(14-12-6-3-7-13(12)25-17(14)20-9)24-22-15(21-23-24)10-4-2-5-11(18)8-10/h2,4-5,8H,3,6-7H2,1H3. The topological polar surface area (TPSA) is 69.4 Å². The van der Waals surface area contributed by atoms with Crippen molar-refractivity contribution in [2.24, 2.45) is 0 Å². The fraction of sp³-hybridized carbons (Fsp3) is 0.235. The molecular formula is C17H13ClN6S. The third-order valence-electron chi connectivity index (χ3n) is 4.34. The zero-order chi connectivity index (χ0) is 17.0. The highest BCUT2D eigenvalue weighted by Crippen LogP contribution is 2.38. The number of hydrogen-bond acceptors (Lipinski definition) is 6. The summed E-state index contributed by atoms with van der Waals surface area (Å²) in [7, 11) is 0. The first kappa shape index (κ1) is 14.9. The average Bonchev–Trinajstić information content (AvgIpc) is 3.29. The summed E-state index contributed by atoms with van der Waals surface area (Å²) in [6, 6.07) is 7.43. The van der Waals surface area contributed by atoms with E-state index in [1.54, 1.807) is 11.3 Å². The number of hydrogen-bond donors (Lipinski definition) is 0. The third-order valence-corrected chi connectivity index (χ3v) is 5.76. The van der Waals surface area contributed by atoms with Crippen molar-refractivity contribution >= 4 is 33.2 Å². The van der Waals surface area contributed by atoms with Crippen molar-refractivity contribution in [2.75, 3.05) is 0 Å². The van der Waals surface area contributed by atoms with Gasteiger partial charge in [0.2, 0.25) is 5.82 Å². The highest BCUT2D eigenvalue weighted by atomic mass is 35.5. The number of thiophene rings is 1. The Morgan fingerprint density at radius 2 is 2.12 bits per heavy atom. The van der Waals surface area contributed by atoms with Crippen LogP contribution in [0.3, 0.4) is 0 Å². The minimum absolute atomic E-state index is 0.527. The molecule has 3 heterocycles. The van der Waals surface area contributed by atoms with Crippen molar-refractivity contribution in [1.29, 1.82) is 0 Å². The molecule has 0 atom stereocenters. The van der Waals surface area contributed by atoms with E-state index in [1.165, 1.54) is 21.7 Å². The Kier molecular flexibility index (Phi) is 3.33. The molecule has 4 aromatic rings. The molecule has 5 rings (SSSR count). The van der Waals surface area contributed by atoms with Crippen molar-refractivity contribution in [2.45, 2.75) is 26.2 Å². The molecule has 0 spiro atoms. The molecule has 0 N–H and O–H groups in total. The van der Waals surface area contributed by atoms with Gasteiger partial charge < -0.3 is 0 Å². The summed E-state index contributed by atoms with van der Waals surface area (Å²) in [5, 5.41) is 14.7. The van der Waals surface area contributed by atoms with Gasteiger partial charge in [0.25, 0.3) is 0 Å². The maximum absolute atomic E-state index is 6.06. The number of nitrogens with zero attached hydrogens (tertiary/aromatic N) is 6. The first-order valence-electron chi connectivity index (χ1n) is 8.04. The Hall–Kier alpha value is -2.38. The Labute approximate surface area is 152 Å². The maximum Gasteiger partial charge on any atom is 0.205 e. The van der Waals surface area contributed by atoms with Gasteiger partial charge in [0, 0.05) is 15.5 Å². The lowest BCUT2D eigenvalue weighted by Crippen LogP contribution is -2.05. The van der Waals surface area contributed by atoms with Gasteiger partial charge in [-0.3, -0.25) is 0 Å². The highest BCUT2D eigenvalue weighted by molar-refractivity contribution is 7.19.